The quantitative estimate of drug-likeness (QED) is 0.148. The van der Waals surface area contributed by atoms with Gasteiger partial charge in [-0.05, 0) is 103 Å². The number of nitrogens with zero attached hydrogens (tertiary/aromatic N) is 3. The van der Waals surface area contributed by atoms with Crippen molar-refractivity contribution in [1.82, 2.24) is 14.9 Å². The van der Waals surface area contributed by atoms with E-state index in [4.69, 9.17) is 11.6 Å². The highest BCUT2D eigenvalue weighted by Crippen LogP contribution is 2.42. The number of anilines is 1. The summed E-state index contributed by atoms with van der Waals surface area (Å²) in [6, 6.07) is 16.2. The molecule has 0 saturated heterocycles. The lowest BCUT2D eigenvalue weighted by atomic mass is 9.71. The number of nitrogens with one attached hydrogen (secondary N) is 1. The number of hydrogen-bond donors (Lipinski definition) is 2. The van der Waals surface area contributed by atoms with Gasteiger partial charge >= 0.3 is 12.1 Å². The third-order valence-electron chi connectivity index (χ3n) is 11.0. The summed E-state index contributed by atoms with van der Waals surface area (Å²) in [7, 11) is 0. The predicted octanol–water partition coefficient (Wildman–Crippen LogP) is 10.1. The van der Waals surface area contributed by atoms with Gasteiger partial charge in [0.2, 0.25) is 5.91 Å². The molecule has 8 nitrogen and oxygen atoms in total. The molecule has 288 valence electrons. The van der Waals surface area contributed by atoms with Crippen LogP contribution in [0.5, 0.6) is 0 Å². The van der Waals surface area contributed by atoms with Crippen molar-refractivity contribution in [2.45, 2.75) is 77.4 Å². The molecule has 3 aromatic carbocycles. The van der Waals surface area contributed by atoms with Crippen LogP contribution >= 0.6 is 11.6 Å². The van der Waals surface area contributed by atoms with Gasteiger partial charge < -0.3 is 15.3 Å². The van der Waals surface area contributed by atoms with E-state index in [1.165, 1.54) is 79.3 Å². The summed E-state index contributed by atoms with van der Waals surface area (Å²) in [5.74, 6) is 0.669. The Morgan fingerprint density at radius 2 is 1.58 bits per heavy atom. The van der Waals surface area contributed by atoms with E-state index >= 15 is 0 Å². The zero-order chi connectivity index (χ0) is 39.1. The van der Waals surface area contributed by atoms with Crippen LogP contribution in [0.1, 0.15) is 90.9 Å². The third-order valence-corrected chi connectivity index (χ3v) is 11.2. The molecule has 0 aliphatic heterocycles. The fraction of sp³-hybridized carbons (Fsp3) is 0.372. The van der Waals surface area contributed by atoms with Gasteiger partial charge in [0.25, 0.3) is 5.91 Å². The molecule has 1 fully saturated rings. The fourth-order valence-electron chi connectivity index (χ4n) is 7.82. The number of aliphatic carboxylic acids is 1. The molecule has 1 unspecified atom stereocenters. The monoisotopic (exact) mass is 772 g/mol. The lowest BCUT2D eigenvalue weighted by Crippen LogP contribution is -2.35. The van der Waals surface area contributed by atoms with Gasteiger partial charge in [-0.25, -0.2) is 9.97 Å². The second-order valence-corrected chi connectivity index (χ2v) is 15.0. The highest BCUT2D eigenvalue weighted by molar-refractivity contribution is 6.30. The first-order chi connectivity index (χ1) is 26.4. The molecule has 0 spiro atoms. The first-order valence-corrected chi connectivity index (χ1v) is 19.1. The van der Waals surface area contributed by atoms with E-state index in [-0.39, 0.29) is 28.4 Å². The summed E-state index contributed by atoms with van der Waals surface area (Å²) >= 11 is 5.73. The van der Waals surface area contributed by atoms with Crippen molar-refractivity contribution in [3.8, 4) is 11.4 Å². The Kier molecular flexibility index (Phi) is 12.7. The highest BCUT2D eigenvalue weighted by atomic mass is 35.5. The zero-order valence-electron chi connectivity index (χ0n) is 30.6. The number of alkyl halides is 3. The number of halogens is 4. The molecule has 4 aromatic rings. The van der Waals surface area contributed by atoms with Gasteiger partial charge in [-0.1, -0.05) is 74.2 Å². The van der Waals surface area contributed by atoms with E-state index in [0.29, 0.717) is 11.4 Å². The summed E-state index contributed by atoms with van der Waals surface area (Å²) < 4.78 is 40.4. The molecule has 2 N–H and O–H groups in total. The first kappa shape index (κ1) is 39.7. The molecule has 12 heteroatoms. The minimum absolute atomic E-state index is 0.0154. The van der Waals surface area contributed by atoms with Crippen molar-refractivity contribution in [2.24, 2.45) is 17.8 Å². The smallest absolute Gasteiger partial charge is 0.416 e. The normalized spacial score (nSPS) is 18.6. The molecule has 1 atom stereocenters. The van der Waals surface area contributed by atoms with Crippen LogP contribution in [-0.2, 0) is 28.7 Å². The largest absolute Gasteiger partial charge is 0.480 e. The molecule has 2 aliphatic carbocycles. The van der Waals surface area contributed by atoms with E-state index in [1.54, 1.807) is 12.1 Å². The Bertz CT molecular complexity index is 2010. The van der Waals surface area contributed by atoms with Gasteiger partial charge in [0.15, 0.2) is 5.82 Å². The van der Waals surface area contributed by atoms with Crippen LogP contribution in [0, 0.1) is 17.8 Å². The number of hydrogen-bond acceptors (Lipinski definition) is 5. The lowest BCUT2D eigenvalue weighted by molar-refractivity contribution is -0.139. The topological polar surface area (TPSA) is 112 Å². The minimum Gasteiger partial charge on any atom is -0.480 e. The summed E-state index contributed by atoms with van der Waals surface area (Å²) in [6.45, 7) is 1.77. The molecular formula is C43H44ClF3N4O4. The molecule has 2 amide bonds. The number of aromatic nitrogens is 2. The van der Waals surface area contributed by atoms with Crippen molar-refractivity contribution in [3.05, 3.63) is 118 Å². The molecule has 1 saturated carbocycles. The summed E-state index contributed by atoms with van der Waals surface area (Å²) in [6.07, 6.45) is 11.1. The van der Waals surface area contributed by atoms with Crippen LogP contribution in [0.2, 0.25) is 5.02 Å². The molecule has 55 heavy (non-hydrogen) atoms. The summed E-state index contributed by atoms with van der Waals surface area (Å²) in [4.78, 5) is 48.2. The molecule has 0 bridgehead atoms. The molecule has 0 radical (unpaired) electrons. The standard InChI is InChI=1S/C43H44ClF3N4O4/c1-2-27-3-7-29(8-4-27)30-11-13-31(14-12-30)35-23-48-41(49-24-35)32-9-5-28(6-10-32)25-51(26-40(53)54)42(55)33-16-19-37(20-17-33)50-39(52)21-34-15-18-36(44)22-38(34)43(45,46)47/h5-6,9-10,13,15-20,22-24,27,29-30H,2-4,7-8,11-12,14,21,25-26H2,1H3,(H,50,52)(H,53,54). The van der Waals surface area contributed by atoms with Crippen LogP contribution < -0.4 is 5.32 Å². The van der Waals surface area contributed by atoms with Crippen molar-refractivity contribution >= 4 is 40.6 Å². The first-order valence-electron chi connectivity index (χ1n) is 18.7. The molecular weight excluding hydrogens is 729 g/mol. The van der Waals surface area contributed by atoms with Crippen LogP contribution in [-0.4, -0.2) is 44.3 Å². The van der Waals surface area contributed by atoms with E-state index in [9.17, 15) is 32.7 Å². The zero-order valence-corrected chi connectivity index (χ0v) is 31.4. The average molecular weight is 773 g/mol. The maximum Gasteiger partial charge on any atom is 0.416 e. The van der Waals surface area contributed by atoms with Crippen LogP contribution in [0.3, 0.4) is 0 Å². The van der Waals surface area contributed by atoms with Crippen molar-refractivity contribution < 1.29 is 32.7 Å². The average Bonchev–Trinajstić information content (AvgIpc) is 3.18. The molecule has 1 heterocycles. The highest BCUT2D eigenvalue weighted by Gasteiger charge is 2.34. The maximum atomic E-state index is 13.5. The lowest BCUT2D eigenvalue weighted by Gasteiger charge is -2.35. The van der Waals surface area contributed by atoms with E-state index in [1.807, 2.05) is 24.5 Å². The second kappa shape index (κ2) is 17.6. The Hall–Kier alpha value is -5.03. The molecule has 1 aromatic heterocycles. The van der Waals surface area contributed by atoms with Crippen LogP contribution in [0.25, 0.3) is 17.0 Å². The van der Waals surface area contributed by atoms with Crippen molar-refractivity contribution in [3.63, 3.8) is 0 Å². The van der Waals surface area contributed by atoms with Crippen molar-refractivity contribution in [1.29, 1.82) is 0 Å². The van der Waals surface area contributed by atoms with E-state index < -0.39 is 42.5 Å². The number of carbonyl (C=O) groups is 3. The maximum absolute atomic E-state index is 13.5. The van der Waals surface area contributed by atoms with Gasteiger partial charge in [0, 0.05) is 46.3 Å². The molecule has 2 aliphatic rings. The van der Waals surface area contributed by atoms with Crippen LogP contribution in [0.15, 0.2) is 85.2 Å². The SMILES string of the molecule is CCC1CCC(C2CC=C(c3cnc(-c4ccc(CN(CC(=O)O)C(=O)c5ccc(NC(=O)Cc6ccc(Cl)cc6C(F)(F)F)cc5)cc4)nc3)CC2)CC1. The Morgan fingerprint density at radius 1 is 0.891 bits per heavy atom. The number of carbonyl (C=O) groups excluding carboxylic acids is 2. The van der Waals surface area contributed by atoms with Gasteiger partial charge in [-0.2, -0.15) is 13.2 Å². The van der Waals surface area contributed by atoms with Gasteiger partial charge in [-0.3, -0.25) is 14.4 Å². The van der Waals surface area contributed by atoms with Crippen molar-refractivity contribution in [2.75, 3.05) is 11.9 Å². The predicted molar refractivity (Wildman–Crippen MR) is 206 cm³/mol. The minimum atomic E-state index is -4.68. The Labute approximate surface area is 323 Å². The van der Waals surface area contributed by atoms with Gasteiger partial charge in [0.05, 0.1) is 12.0 Å². The third kappa shape index (κ3) is 10.4. The number of rotatable bonds is 12. The summed E-state index contributed by atoms with van der Waals surface area (Å²) in [5, 5.41) is 12.0. The Balaban J connectivity index is 1.04. The number of carboxylic acid groups (broad SMARTS) is 1. The van der Waals surface area contributed by atoms with Gasteiger partial charge in [0.1, 0.15) is 6.54 Å². The number of allylic oxidation sites excluding steroid dienone is 2. The summed E-state index contributed by atoms with van der Waals surface area (Å²) in [5.41, 5.74) is 3.03. The number of benzene rings is 3. The fourth-order valence-corrected chi connectivity index (χ4v) is 7.99. The van der Waals surface area contributed by atoms with E-state index in [2.05, 4.69) is 28.3 Å². The second-order valence-electron chi connectivity index (χ2n) is 14.6. The van der Waals surface area contributed by atoms with Crippen LogP contribution in [0.4, 0.5) is 18.9 Å². The van der Waals surface area contributed by atoms with Gasteiger partial charge in [-0.15, -0.1) is 0 Å². The molecule has 6 rings (SSSR count). The number of carboxylic acids is 1. The Morgan fingerprint density at radius 3 is 2.18 bits per heavy atom. The van der Waals surface area contributed by atoms with E-state index in [0.717, 1.165) is 53.9 Å². The number of amides is 2.